The lowest BCUT2D eigenvalue weighted by atomic mass is 14.0. The van der Waals surface area contributed by atoms with E-state index in [0.29, 0.717) is 0 Å². The zero-order valence-electron chi connectivity index (χ0n) is 4.87. The molecule has 0 atom stereocenters. The first kappa shape index (κ1) is 13.3. The SMILES string of the molecule is N.O=S(=O)(O)OS(=O)(=O)OO. The fraction of sp³-hybridized carbons (Fsp3) is 0. The van der Waals surface area contributed by atoms with Crippen LogP contribution in [0.5, 0.6) is 0 Å². The average molecular weight is 211 g/mol. The number of hydrogen-bond acceptors (Lipinski definition) is 8. The lowest BCUT2D eigenvalue weighted by Crippen LogP contribution is -2.13. The molecule has 0 spiro atoms. The fourth-order valence-corrected chi connectivity index (χ4v) is 1.06. The molecule has 0 aliphatic rings. The van der Waals surface area contributed by atoms with Crippen LogP contribution in [0.4, 0.5) is 0 Å². The first-order chi connectivity index (χ1) is 4.27. The molecule has 0 bridgehead atoms. The highest BCUT2D eigenvalue weighted by Crippen LogP contribution is 1.97. The molecule has 11 heavy (non-hydrogen) atoms. The Balaban J connectivity index is 0. The quantitative estimate of drug-likeness (QED) is 0.292. The first-order valence-corrected chi connectivity index (χ1v) is 4.23. The normalized spacial score (nSPS) is 12.2. The summed E-state index contributed by atoms with van der Waals surface area (Å²) in [5.41, 5.74) is 0. The van der Waals surface area contributed by atoms with Gasteiger partial charge in [-0.3, -0.25) is 4.55 Å². The summed E-state index contributed by atoms with van der Waals surface area (Å²) in [7, 11) is -10.2. The Hall–Kier alpha value is -0.300. The molecule has 0 saturated carbocycles. The summed E-state index contributed by atoms with van der Waals surface area (Å²) in [5, 5.41) is 7.37. The van der Waals surface area contributed by atoms with Crippen molar-refractivity contribution in [3.63, 3.8) is 0 Å². The highest BCUT2D eigenvalue weighted by Gasteiger charge is 2.20. The first-order valence-electron chi connectivity index (χ1n) is 1.53. The Labute approximate surface area is 62.3 Å². The van der Waals surface area contributed by atoms with E-state index in [9.17, 15) is 16.8 Å². The van der Waals surface area contributed by atoms with Crippen LogP contribution in [0.2, 0.25) is 0 Å². The molecule has 0 saturated heterocycles. The van der Waals surface area contributed by atoms with Gasteiger partial charge in [0.05, 0.1) is 0 Å². The predicted molar refractivity (Wildman–Crippen MR) is 30.3 cm³/mol. The molecule has 0 fully saturated rings. The standard InChI is InChI=1S/H3N.H2O8S2/c;1-7-10(5,6)8-9(2,3)4/h1H3;1H,(H,2,3,4). The Morgan fingerprint density at radius 1 is 1.09 bits per heavy atom. The van der Waals surface area contributed by atoms with Gasteiger partial charge in [0.2, 0.25) is 0 Å². The van der Waals surface area contributed by atoms with Crippen LogP contribution < -0.4 is 6.15 Å². The molecular weight excluding hydrogens is 206 g/mol. The Kier molecular flexibility index (Phi) is 4.73. The third-order valence-electron chi connectivity index (χ3n) is 0.261. The zero-order valence-corrected chi connectivity index (χ0v) is 6.50. The van der Waals surface area contributed by atoms with Crippen LogP contribution in [0.25, 0.3) is 0 Å². The highest BCUT2D eigenvalue weighted by molar-refractivity contribution is 7.94. The smallest absolute Gasteiger partial charge is 0.344 e. The van der Waals surface area contributed by atoms with Crippen molar-refractivity contribution in [2.75, 3.05) is 0 Å². The van der Waals surface area contributed by atoms with Crippen LogP contribution in [0.15, 0.2) is 0 Å². The molecule has 0 aromatic carbocycles. The van der Waals surface area contributed by atoms with Crippen molar-refractivity contribution >= 4 is 20.8 Å². The molecule has 0 rings (SSSR count). The van der Waals surface area contributed by atoms with Crippen molar-refractivity contribution in [3.05, 3.63) is 0 Å². The van der Waals surface area contributed by atoms with Crippen molar-refractivity contribution < 1.29 is 34.6 Å². The van der Waals surface area contributed by atoms with E-state index in [1.807, 2.05) is 0 Å². The van der Waals surface area contributed by atoms with Gasteiger partial charge in [-0.1, -0.05) is 7.96 Å². The minimum absolute atomic E-state index is 0. The highest BCUT2D eigenvalue weighted by atomic mass is 32.3. The molecule has 0 heterocycles. The molecule has 0 aromatic rings. The van der Waals surface area contributed by atoms with Gasteiger partial charge in [-0.25, -0.2) is 5.26 Å². The second-order valence-electron chi connectivity index (χ2n) is 0.979. The number of hydrogen-bond donors (Lipinski definition) is 3. The van der Waals surface area contributed by atoms with Crippen LogP contribution in [-0.4, -0.2) is 26.6 Å². The van der Waals surface area contributed by atoms with E-state index in [4.69, 9.17) is 9.81 Å². The summed E-state index contributed by atoms with van der Waals surface area (Å²) in [6.07, 6.45) is 0. The lowest BCUT2D eigenvalue weighted by Gasteiger charge is -1.93. The van der Waals surface area contributed by atoms with Gasteiger partial charge >= 0.3 is 20.8 Å². The maximum Gasteiger partial charge on any atom is 0.442 e. The summed E-state index contributed by atoms with van der Waals surface area (Å²) in [5.74, 6) is 0. The van der Waals surface area contributed by atoms with Crippen LogP contribution in [0.3, 0.4) is 0 Å². The van der Waals surface area contributed by atoms with Gasteiger partial charge in [-0.05, 0) is 0 Å². The molecule has 0 aromatic heterocycles. The second-order valence-corrected chi connectivity index (χ2v) is 3.34. The van der Waals surface area contributed by atoms with E-state index in [2.05, 4.69) is 7.96 Å². The Bertz CT molecular complexity index is 280. The third kappa shape index (κ3) is 7.60. The van der Waals surface area contributed by atoms with E-state index >= 15 is 0 Å². The second kappa shape index (κ2) is 3.91. The minimum atomic E-state index is -5.17. The molecule has 11 heteroatoms. The molecule has 9 nitrogen and oxygen atoms in total. The van der Waals surface area contributed by atoms with Crippen molar-refractivity contribution in [1.29, 1.82) is 0 Å². The summed E-state index contributed by atoms with van der Waals surface area (Å²) in [6, 6.07) is 0. The number of rotatable bonds is 3. The maximum absolute atomic E-state index is 9.78. The van der Waals surface area contributed by atoms with Crippen molar-refractivity contribution in [3.8, 4) is 0 Å². The van der Waals surface area contributed by atoms with Crippen LogP contribution >= 0.6 is 0 Å². The average Bonchev–Trinajstić information content (AvgIpc) is 1.60. The lowest BCUT2D eigenvalue weighted by molar-refractivity contribution is -0.138. The van der Waals surface area contributed by atoms with Gasteiger partial charge in [-0.15, -0.1) is 0 Å². The summed E-state index contributed by atoms with van der Waals surface area (Å²) >= 11 is 0. The molecule has 0 amide bonds. The van der Waals surface area contributed by atoms with Gasteiger partial charge in [0.15, 0.2) is 0 Å². The van der Waals surface area contributed by atoms with Crippen molar-refractivity contribution in [2.24, 2.45) is 0 Å². The topological polar surface area (TPSA) is 162 Å². The van der Waals surface area contributed by atoms with Crippen LogP contribution in [-0.2, 0) is 28.8 Å². The van der Waals surface area contributed by atoms with E-state index in [-0.39, 0.29) is 6.15 Å². The summed E-state index contributed by atoms with van der Waals surface area (Å²) in [6.45, 7) is 0. The van der Waals surface area contributed by atoms with Gasteiger partial charge in [0.1, 0.15) is 0 Å². The van der Waals surface area contributed by atoms with Gasteiger partial charge < -0.3 is 6.15 Å². The maximum atomic E-state index is 9.78. The van der Waals surface area contributed by atoms with E-state index in [1.54, 1.807) is 0 Å². The van der Waals surface area contributed by atoms with Crippen molar-refractivity contribution in [1.82, 2.24) is 6.15 Å². The molecule has 70 valence electrons. The summed E-state index contributed by atoms with van der Waals surface area (Å²) < 4.78 is 51.7. The molecule has 0 aliphatic carbocycles. The van der Waals surface area contributed by atoms with Crippen LogP contribution in [0.1, 0.15) is 0 Å². The molecular formula is H5NO8S2. The minimum Gasteiger partial charge on any atom is -0.344 e. The predicted octanol–water partition coefficient (Wildman–Crippen LogP) is -1.30. The molecule has 0 unspecified atom stereocenters. The van der Waals surface area contributed by atoms with Gasteiger partial charge in [0.25, 0.3) is 0 Å². The largest absolute Gasteiger partial charge is 0.442 e. The fourth-order valence-electron chi connectivity index (χ4n) is 0.118. The van der Waals surface area contributed by atoms with E-state index < -0.39 is 20.8 Å². The van der Waals surface area contributed by atoms with Crippen molar-refractivity contribution in [2.45, 2.75) is 0 Å². The van der Waals surface area contributed by atoms with E-state index in [0.717, 1.165) is 0 Å². The summed E-state index contributed by atoms with van der Waals surface area (Å²) in [4.78, 5) is 0. The van der Waals surface area contributed by atoms with E-state index in [1.165, 1.54) is 0 Å². The van der Waals surface area contributed by atoms with Crippen LogP contribution in [0, 0.1) is 0 Å². The molecule has 0 aliphatic heterocycles. The molecule has 0 radical (unpaired) electrons. The monoisotopic (exact) mass is 211 g/mol. The van der Waals surface area contributed by atoms with Gasteiger partial charge in [-0.2, -0.15) is 16.8 Å². The van der Waals surface area contributed by atoms with Gasteiger partial charge in [0, 0.05) is 0 Å². The molecule has 5 N–H and O–H groups in total. The third-order valence-corrected chi connectivity index (χ3v) is 1.80. The zero-order chi connectivity index (χ0) is 8.41. The Morgan fingerprint density at radius 3 is 1.55 bits per heavy atom. The Morgan fingerprint density at radius 2 is 1.45 bits per heavy atom.